The van der Waals surface area contributed by atoms with Crippen LogP contribution in [-0.4, -0.2) is 29.1 Å². The molecule has 100 valence electrons. The topological polar surface area (TPSA) is 74.2 Å². The molecule has 0 atom stereocenters. The summed E-state index contributed by atoms with van der Waals surface area (Å²) in [4.78, 5) is 15.7. The number of nitrogens with one attached hydrogen (secondary N) is 2. The summed E-state index contributed by atoms with van der Waals surface area (Å²) in [5.74, 6) is 0.602. The van der Waals surface area contributed by atoms with Gasteiger partial charge in [0.2, 0.25) is 5.91 Å². The van der Waals surface area contributed by atoms with Gasteiger partial charge in [0.05, 0.1) is 0 Å². The SMILES string of the molecule is Cl.O=C(CC1CCNCC1)Nc1ncccc1O. The minimum absolute atomic E-state index is 0. The molecule has 5 nitrogen and oxygen atoms in total. The number of rotatable bonds is 3. The van der Waals surface area contributed by atoms with Gasteiger partial charge in [-0.05, 0) is 44.0 Å². The molecule has 3 N–H and O–H groups in total. The Morgan fingerprint density at radius 1 is 1.50 bits per heavy atom. The maximum atomic E-state index is 11.8. The monoisotopic (exact) mass is 271 g/mol. The maximum absolute atomic E-state index is 11.8. The van der Waals surface area contributed by atoms with Crippen LogP contribution in [0, 0.1) is 5.92 Å². The molecule has 6 heteroatoms. The van der Waals surface area contributed by atoms with Gasteiger partial charge in [0.15, 0.2) is 11.6 Å². The van der Waals surface area contributed by atoms with Crippen LogP contribution < -0.4 is 10.6 Å². The van der Waals surface area contributed by atoms with Crippen molar-refractivity contribution in [1.29, 1.82) is 0 Å². The van der Waals surface area contributed by atoms with E-state index in [9.17, 15) is 9.90 Å². The van der Waals surface area contributed by atoms with Crippen molar-refractivity contribution < 1.29 is 9.90 Å². The number of aromatic nitrogens is 1. The minimum Gasteiger partial charge on any atom is -0.504 e. The lowest BCUT2D eigenvalue weighted by Gasteiger charge is -2.21. The molecule has 0 bridgehead atoms. The Labute approximate surface area is 112 Å². The van der Waals surface area contributed by atoms with E-state index in [4.69, 9.17) is 0 Å². The van der Waals surface area contributed by atoms with Gasteiger partial charge in [0.25, 0.3) is 0 Å². The quantitative estimate of drug-likeness (QED) is 0.780. The molecule has 18 heavy (non-hydrogen) atoms. The van der Waals surface area contributed by atoms with E-state index in [2.05, 4.69) is 15.6 Å². The van der Waals surface area contributed by atoms with Gasteiger partial charge in [-0.25, -0.2) is 4.98 Å². The molecule has 0 aliphatic carbocycles. The molecule has 0 saturated carbocycles. The molecule has 0 aromatic carbocycles. The Kier molecular flexibility index (Phi) is 5.88. The zero-order valence-electron chi connectivity index (χ0n) is 10.1. The van der Waals surface area contributed by atoms with Crippen molar-refractivity contribution in [3.05, 3.63) is 18.3 Å². The van der Waals surface area contributed by atoms with Gasteiger partial charge >= 0.3 is 0 Å². The zero-order valence-corrected chi connectivity index (χ0v) is 10.9. The number of amides is 1. The van der Waals surface area contributed by atoms with Gasteiger partial charge in [-0.2, -0.15) is 0 Å². The van der Waals surface area contributed by atoms with Gasteiger partial charge in [0, 0.05) is 12.6 Å². The van der Waals surface area contributed by atoms with Crippen LogP contribution in [0.15, 0.2) is 18.3 Å². The number of hydrogen-bond donors (Lipinski definition) is 3. The number of hydrogen-bond acceptors (Lipinski definition) is 4. The molecule has 1 saturated heterocycles. The number of piperidine rings is 1. The molecule has 0 spiro atoms. The smallest absolute Gasteiger partial charge is 0.225 e. The molecule has 2 rings (SSSR count). The normalized spacial score (nSPS) is 15.8. The molecule has 2 heterocycles. The standard InChI is InChI=1S/C12H17N3O2.ClH/c16-10-2-1-5-14-12(10)15-11(17)8-9-3-6-13-7-4-9;/h1-2,5,9,13,16H,3-4,6-8H2,(H,14,15,17);1H. The molecular formula is C12H18ClN3O2. The molecular weight excluding hydrogens is 254 g/mol. The number of nitrogens with zero attached hydrogens (tertiary/aromatic N) is 1. The van der Waals surface area contributed by atoms with Gasteiger partial charge in [-0.15, -0.1) is 12.4 Å². The number of carbonyl (C=O) groups excluding carboxylic acids is 1. The fraction of sp³-hybridized carbons (Fsp3) is 0.500. The molecule has 1 amide bonds. The Hall–Kier alpha value is -1.33. The summed E-state index contributed by atoms with van der Waals surface area (Å²) in [6.45, 7) is 1.96. The fourth-order valence-electron chi connectivity index (χ4n) is 2.02. The van der Waals surface area contributed by atoms with E-state index < -0.39 is 0 Å². The Balaban J connectivity index is 0.00000162. The molecule has 0 radical (unpaired) electrons. The Morgan fingerprint density at radius 2 is 2.22 bits per heavy atom. The maximum Gasteiger partial charge on any atom is 0.225 e. The van der Waals surface area contributed by atoms with E-state index in [1.54, 1.807) is 12.3 Å². The summed E-state index contributed by atoms with van der Waals surface area (Å²) in [6, 6.07) is 3.13. The summed E-state index contributed by atoms with van der Waals surface area (Å²) in [5, 5.41) is 15.4. The van der Waals surface area contributed by atoms with E-state index in [0.29, 0.717) is 12.3 Å². The highest BCUT2D eigenvalue weighted by Crippen LogP contribution is 2.20. The summed E-state index contributed by atoms with van der Waals surface area (Å²) in [5.41, 5.74) is 0. The molecule has 1 aromatic rings. The zero-order chi connectivity index (χ0) is 12.1. The fourth-order valence-corrected chi connectivity index (χ4v) is 2.02. The third-order valence-electron chi connectivity index (χ3n) is 2.98. The van der Waals surface area contributed by atoms with Crippen molar-refractivity contribution in [3.8, 4) is 5.75 Å². The van der Waals surface area contributed by atoms with Crippen LogP contribution in [0.4, 0.5) is 5.82 Å². The third kappa shape index (κ3) is 4.16. The summed E-state index contributed by atoms with van der Waals surface area (Å²) in [7, 11) is 0. The molecule has 1 aliphatic heterocycles. The van der Waals surface area contributed by atoms with Gasteiger partial charge in [-0.1, -0.05) is 0 Å². The molecule has 1 aromatic heterocycles. The number of halogens is 1. The first-order valence-electron chi connectivity index (χ1n) is 5.90. The van der Waals surface area contributed by atoms with Crippen LogP contribution in [0.2, 0.25) is 0 Å². The first-order chi connectivity index (χ1) is 8.25. The lowest BCUT2D eigenvalue weighted by molar-refractivity contribution is -0.117. The predicted octanol–water partition coefficient (Wildman–Crippen LogP) is 1.54. The largest absolute Gasteiger partial charge is 0.504 e. The van der Waals surface area contributed by atoms with E-state index in [-0.39, 0.29) is 29.9 Å². The van der Waals surface area contributed by atoms with Gasteiger partial charge in [0.1, 0.15) is 0 Å². The van der Waals surface area contributed by atoms with E-state index >= 15 is 0 Å². The number of anilines is 1. The first-order valence-corrected chi connectivity index (χ1v) is 5.90. The van der Waals surface area contributed by atoms with Crippen molar-refractivity contribution in [1.82, 2.24) is 10.3 Å². The van der Waals surface area contributed by atoms with Crippen molar-refractivity contribution >= 4 is 24.1 Å². The van der Waals surface area contributed by atoms with Crippen molar-refractivity contribution in [2.45, 2.75) is 19.3 Å². The van der Waals surface area contributed by atoms with Gasteiger partial charge < -0.3 is 15.7 Å². The average molecular weight is 272 g/mol. The number of aromatic hydroxyl groups is 1. The van der Waals surface area contributed by atoms with Crippen LogP contribution in [0.3, 0.4) is 0 Å². The highest BCUT2D eigenvalue weighted by Gasteiger charge is 2.17. The second-order valence-electron chi connectivity index (χ2n) is 4.32. The molecule has 1 fully saturated rings. The Morgan fingerprint density at radius 3 is 2.89 bits per heavy atom. The predicted molar refractivity (Wildman–Crippen MR) is 72.0 cm³/mol. The van der Waals surface area contributed by atoms with Crippen molar-refractivity contribution in [2.75, 3.05) is 18.4 Å². The molecule has 0 unspecified atom stereocenters. The van der Waals surface area contributed by atoms with E-state index in [1.165, 1.54) is 6.07 Å². The van der Waals surface area contributed by atoms with Crippen molar-refractivity contribution in [2.24, 2.45) is 5.92 Å². The van der Waals surface area contributed by atoms with Gasteiger partial charge in [-0.3, -0.25) is 4.79 Å². The summed E-state index contributed by atoms with van der Waals surface area (Å²) < 4.78 is 0. The summed E-state index contributed by atoms with van der Waals surface area (Å²) >= 11 is 0. The minimum atomic E-state index is -0.0779. The lowest BCUT2D eigenvalue weighted by atomic mass is 9.94. The second-order valence-corrected chi connectivity index (χ2v) is 4.32. The molecule has 1 aliphatic rings. The lowest BCUT2D eigenvalue weighted by Crippen LogP contribution is -2.30. The highest BCUT2D eigenvalue weighted by atomic mass is 35.5. The van der Waals surface area contributed by atoms with E-state index in [1.807, 2.05) is 0 Å². The number of carbonyl (C=O) groups is 1. The first kappa shape index (κ1) is 14.7. The van der Waals surface area contributed by atoms with Crippen molar-refractivity contribution in [3.63, 3.8) is 0 Å². The van der Waals surface area contributed by atoms with Crippen LogP contribution >= 0.6 is 12.4 Å². The highest BCUT2D eigenvalue weighted by molar-refractivity contribution is 5.91. The van der Waals surface area contributed by atoms with Crippen LogP contribution in [0.25, 0.3) is 0 Å². The average Bonchev–Trinajstić information content (AvgIpc) is 2.33. The van der Waals surface area contributed by atoms with Crippen LogP contribution in [0.5, 0.6) is 5.75 Å². The summed E-state index contributed by atoms with van der Waals surface area (Å²) in [6.07, 6.45) is 4.10. The van der Waals surface area contributed by atoms with Crippen LogP contribution in [0.1, 0.15) is 19.3 Å². The second kappa shape index (κ2) is 7.18. The third-order valence-corrected chi connectivity index (χ3v) is 2.98. The number of pyridine rings is 1. The van der Waals surface area contributed by atoms with Crippen LogP contribution in [-0.2, 0) is 4.79 Å². The van der Waals surface area contributed by atoms with E-state index in [0.717, 1.165) is 25.9 Å². The Bertz CT molecular complexity index is 395.